The van der Waals surface area contributed by atoms with Crippen molar-refractivity contribution in [1.29, 1.82) is 0 Å². The van der Waals surface area contributed by atoms with Crippen LogP contribution in [0.5, 0.6) is 0 Å². The van der Waals surface area contributed by atoms with Crippen LogP contribution in [-0.4, -0.2) is 49.6 Å². The number of anilines is 2. The molecule has 1 saturated heterocycles. The summed E-state index contributed by atoms with van der Waals surface area (Å²) in [5.74, 6) is 0.293. The van der Waals surface area contributed by atoms with Gasteiger partial charge >= 0.3 is 0 Å². The molecule has 0 atom stereocenters. The average molecular weight is 319 g/mol. The van der Waals surface area contributed by atoms with Crippen LogP contribution in [0.3, 0.4) is 0 Å². The van der Waals surface area contributed by atoms with Crippen molar-refractivity contribution in [2.45, 2.75) is 20.3 Å². The molecule has 0 bridgehead atoms. The van der Waals surface area contributed by atoms with Crippen molar-refractivity contribution in [3.63, 3.8) is 0 Å². The Balaban J connectivity index is 1.79. The van der Waals surface area contributed by atoms with E-state index in [-0.39, 0.29) is 11.8 Å². The molecule has 0 radical (unpaired) electrons. The third-order valence-electron chi connectivity index (χ3n) is 3.52. The van der Waals surface area contributed by atoms with Gasteiger partial charge in [-0.15, -0.1) is 0 Å². The minimum atomic E-state index is -0.0384. The summed E-state index contributed by atoms with van der Waals surface area (Å²) in [7, 11) is 0. The fourth-order valence-electron chi connectivity index (χ4n) is 2.38. The fraction of sp³-hybridized carbons (Fsp3) is 0.529. The molecule has 1 heterocycles. The summed E-state index contributed by atoms with van der Waals surface area (Å²) in [4.78, 5) is 25.8. The first-order valence-electron chi connectivity index (χ1n) is 8.03. The largest absolute Gasteiger partial charge is 0.379 e. The topological polar surface area (TPSA) is 70.7 Å². The molecular weight excluding hydrogens is 294 g/mol. The minimum absolute atomic E-state index is 0.00380. The number of amides is 2. The van der Waals surface area contributed by atoms with Crippen molar-refractivity contribution in [2.75, 3.05) is 43.5 Å². The van der Waals surface area contributed by atoms with Gasteiger partial charge in [0.1, 0.15) is 0 Å². The highest BCUT2D eigenvalue weighted by Gasteiger charge is 2.14. The molecule has 0 spiro atoms. The Morgan fingerprint density at radius 3 is 2.09 bits per heavy atom. The molecular formula is C17H25N3O3. The molecule has 1 aliphatic heterocycles. The quantitative estimate of drug-likeness (QED) is 0.841. The molecule has 1 fully saturated rings. The Kier molecular flexibility index (Phi) is 6.55. The van der Waals surface area contributed by atoms with Gasteiger partial charge in [0, 0.05) is 30.9 Å². The van der Waals surface area contributed by atoms with Crippen LogP contribution in [0.1, 0.15) is 20.3 Å². The fourth-order valence-corrected chi connectivity index (χ4v) is 2.38. The third kappa shape index (κ3) is 6.38. The van der Waals surface area contributed by atoms with E-state index in [1.54, 1.807) is 24.3 Å². The maximum Gasteiger partial charge on any atom is 0.238 e. The summed E-state index contributed by atoms with van der Waals surface area (Å²) >= 11 is 0. The predicted octanol–water partition coefficient (Wildman–Crippen LogP) is 1.94. The van der Waals surface area contributed by atoms with E-state index in [9.17, 15) is 9.59 Å². The molecule has 6 heteroatoms. The predicted molar refractivity (Wildman–Crippen MR) is 90.4 cm³/mol. The number of ether oxygens (including phenoxy) is 1. The summed E-state index contributed by atoms with van der Waals surface area (Å²) in [6.45, 7) is 7.31. The molecule has 1 aromatic carbocycles. The van der Waals surface area contributed by atoms with Crippen molar-refractivity contribution in [3.8, 4) is 0 Å². The van der Waals surface area contributed by atoms with Crippen LogP contribution in [0.4, 0.5) is 11.4 Å². The summed E-state index contributed by atoms with van der Waals surface area (Å²) in [5, 5.41) is 5.71. The van der Waals surface area contributed by atoms with Crippen molar-refractivity contribution >= 4 is 23.2 Å². The lowest BCUT2D eigenvalue weighted by atomic mass is 10.1. The lowest BCUT2D eigenvalue weighted by Crippen LogP contribution is -2.41. The summed E-state index contributed by atoms with van der Waals surface area (Å²) in [5.41, 5.74) is 1.46. The highest BCUT2D eigenvalue weighted by Crippen LogP contribution is 2.14. The molecule has 2 N–H and O–H groups in total. The lowest BCUT2D eigenvalue weighted by Gasteiger charge is -2.25. The van der Waals surface area contributed by atoms with E-state index < -0.39 is 0 Å². The van der Waals surface area contributed by atoms with Crippen molar-refractivity contribution in [2.24, 2.45) is 5.92 Å². The zero-order valence-electron chi connectivity index (χ0n) is 13.8. The number of hydrogen-bond donors (Lipinski definition) is 2. The highest BCUT2D eigenvalue weighted by molar-refractivity contribution is 5.93. The van der Waals surface area contributed by atoms with Gasteiger partial charge in [-0.05, 0) is 30.2 Å². The van der Waals surface area contributed by atoms with Crippen LogP contribution in [0.2, 0.25) is 0 Å². The van der Waals surface area contributed by atoms with Gasteiger partial charge in [-0.2, -0.15) is 0 Å². The molecule has 0 aliphatic carbocycles. The second-order valence-electron chi connectivity index (χ2n) is 6.16. The van der Waals surface area contributed by atoms with Gasteiger partial charge in [0.15, 0.2) is 0 Å². The first-order chi connectivity index (χ1) is 11.0. The zero-order chi connectivity index (χ0) is 16.7. The van der Waals surface area contributed by atoms with Gasteiger partial charge in [-0.1, -0.05) is 13.8 Å². The molecule has 0 saturated carbocycles. The zero-order valence-corrected chi connectivity index (χ0v) is 13.8. The molecule has 1 aromatic rings. The van der Waals surface area contributed by atoms with E-state index in [0.717, 1.165) is 24.5 Å². The van der Waals surface area contributed by atoms with Crippen LogP contribution in [0.25, 0.3) is 0 Å². The van der Waals surface area contributed by atoms with E-state index in [4.69, 9.17) is 4.74 Å². The van der Waals surface area contributed by atoms with E-state index >= 15 is 0 Å². The van der Waals surface area contributed by atoms with Crippen molar-refractivity contribution in [1.82, 2.24) is 4.90 Å². The molecule has 2 rings (SSSR count). The minimum Gasteiger partial charge on any atom is -0.379 e. The SMILES string of the molecule is CC(C)CC(=O)Nc1ccc(NC(=O)CN2CCOCC2)cc1. The smallest absolute Gasteiger partial charge is 0.238 e. The van der Waals surface area contributed by atoms with Crippen LogP contribution in [0, 0.1) is 5.92 Å². The van der Waals surface area contributed by atoms with Crippen molar-refractivity contribution in [3.05, 3.63) is 24.3 Å². The van der Waals surface area contributed by atoms with E-state index in [0.29, 0.717) is 32.1 Å². The maximum absolute atomic E-state index is 12.0. The second kappa shape index (κ2) is 8.64. The Labute approximate surface area is 137 Å². The number of benzene rings is 1. The molecule has 126 valence electrons. The highest BCUT2D eigenvalue weighted by atomic mass is 16.5. The molecule has 0 aromatic heterocycles. The lowest BCUT2D eigenvalue weighted by molar-refractivity contribution is -0.118. The molecule has 2 amide bonds. The van der Waals surface area contributed by atoms with Gasteiger partial charge < -0.3 is 15.4 Å². The first kappa shape index (κ1) is 17.4. The second-order valence-corrected chi connectivity index (χ2v) is 6.16. The maximum atomic E-state index is 12.0. The molecule has 0 unspecified atom stereocenters. The monoisotopic (exact) mass is 319 g/mol. The Hall–Kier alpha value is -1.92. The average Bonchev–Trinajstić information content (AvgIpc) is 2.49. The molecule has 6 nitrogen and oxygen atoms in total. The first-order valence-corrected chi connectivity index (χ1v) is 8.03. The Bertz CT molecular complexity index is 522. The van der Waals surface area contributed by atoms with Crippen molar-refractivity contribution < 1.29 is 14.3 Å². The summed E-state index contributed by atoms with van der Waals surface area (Å²) in [6, 6.07) is 7.18. The van der Waals surface area contributed by atoms with Gasteiger partial charge in [-0.3, -0.25) is 14.5 Å². The van der Waals surface area contributed by atoms with Crippen LogP contribution >= 0.6 is 0 Å². The number of rotatable bonds is 6. The summed E-state index contributed by atoms with van der Waals surface area (Å²) < 4.78 is 5.26. The van der Waals surface area contributed by atoms with E-state index in [1.165, 1.54) is 0 Å². The van der Waals surface area contributed by atoms with Gasteiger partial charge in [0.25, 0.3) is 0 Å². The Morgan fingerprint density at radius 1 is 1.04 bits per heavy atom. The van der Waals surface area contributed by atoms with Crippen LogP contribution in [0.15, 0.2) is 24.3 Å². The van der Waals surface area contributed by atoms with Gasteiger partial charge in [-0.25, -0.2) is 0 Å². The number of carbonyl (C=O) groups is 2. The van der Waals surface area contributed by atoms with Gasteiger partial charge in [0.2, 0.25) is 11.8 Å². The normalized spacial score (nSPS) is 15.4. The Morgan fingerprint density at radius 2 is 1.57 bits per heavy atom. The number of nitrogens with one attached hydrogen (secondary N) is 2. The number of carbonyl (C=O) groups excluding carboxylic acids is 2. The third-order valence-corrected chi connectivity index (χ3v) is 3.52. The number of nitrogens with zero attached hydrogens (tertiary/aromatic N) is 1. The van der Waals surface area contributed by atoms with E-state index in [2.05, 4.69) is 15.5 Å². The number of hydrogen-bond acceptors (Lipinski definition) is 4. The van der Waals surface area contributed by atoms with Crippen LogP contribution < -0.4 is 10.6 Å². The molecule has 23 heavy (non-hydrogen) atoms. The van der Waals surface area contributed by atoms with Gasteiger partial charge in [0.05, 0.1) is 19.8 Å². The molecule has 1 aliphatic rings. The van der Waals surface area contributed by atoms with E-state index in [1.807, 2.05) is 13.8 Å². The summed E-state index contributed by atoms with van der Waals surface area (Å²) in [6.07, 6.45) is 0.498. The van der Waals surface area contributed by atoms with Crippen LogP contribution in [-0.2, 0) is 14.3 Å². The standard InChI is InChI=1S/C17H25N3O3/c1-13(2)11-16(21)18-14-3-5-15(6-4-14)19-17(22)12-20-7-9-23-10-8-20/h3-6,13H,7-12H2,1-2H3,(H,18,21)(H,19,22). The number of morpholine rings is 1.